The number of anilines is 1. The highest BCUT2D eigenvalue weighted by molar-refractivity contribution is 9.10. The van der Waals surface area contributed by atoms with Gasteiger partial charge < -0.3 is 10.2 Å². The fourth-order valence-electron chi connectivity index (χ4n) is 2.03. The molecule has 0 aliphatic carbocycles. The molecule has 0 aliphatic rings. The molecule has 0 radical (unpaired) electrons. The molecule has 0 saturated carbocycles. The number of nitrogens with zero attached hydrogens (tertiary/aromatic N) is 2. The second-order valence-corrected chi connectivity index (χ2v) is 5.63. The Bertz CT molecular complexity index is 543. The van der Waals surface area contributed by atoms with Crippen LogP contribution in [-0.2, 0) is 13.1 Å². The van der Waals surface area contributed by atoms with Crippen LogP contribution in [-0.4, -0.2) is 18.6 Å². The Balaban J connectivity index is 2.07. The van der Waals surface area contributed by atoms with E-state index in [1.54, 1.807) is 6.20 Å². The molecular formula is C16H20BrN3. The maximum Gasteiger partial charge on any atom is 0.0441 e. The monoisotopic (exact) mass is 333 g/mol. The van der Waals surface area contributed by atoms with Crippen molar-refractivity contribution in [3.63, 3.8) is 0 Å². The number of aromatic nitrogens is 1. The summed E-state index contributed by atoms with van der Waals surface area (Å²) in [5, 5.41) is 3.34. The lowest BCUT2D eigenvalue weighted by molar-refractivity contribution is 0.724. The molecule has 0 fully saturated rings. The van der Waals surface area contributed by atoms with Gasteiger partial charge in [-0.25, -0.2) is 0 Å². The standard InChI is InChI=1S/C16H20BrN3/c1-3-18-11-14-6-7-15(9-16(14)17)20(2)12-13-5-4-8-19-10-13/h4-10,18H,3,11-12H2,1-2H3. The predicted octanol–water partition coefficient (Wildman–Crippen LogP) is 3.59. The van der Waals surface area contributed by atoms with Crippen molar-refractivity contribution in [3.05, 3.63) is 58.3 Å². The van der Waals surface area contributed by atoms with Gasteiger partial charge in [-0.3, -0.25) is 4.98 Å². The lowest BCUT2D eigenvalue weighted by atomic mass is 10.2. The number of pyridine rings is 1. The molecule has 106 valence electrons. The summed E-state index contributed by atoms with van der Waals surface area (Å²) in [6.07, 6.45) is 3.71. The summed E-state index contributed by atoms with van der Waals surface area (Å²) in [5.41, 5.74) is 3.69. The van der Waals surface area contributed by atoms with Gasteiger partial charge in [0.25, 0.3) is 0 Å². The zero-order chi connectivity index (χ0) is 14.4. The van der Waals surface area contributed by atoms with Crippen molar-refractivity contribution < 1.29 is 0 Å². The molecule has 0 amide bonds. The Labute approximate surface area is 129 Å². The Morgan fingerprint density at radius 3 is 2.80 bits per heavy atom. The van der Waals surface area contributed by atoms with Crippen LogP contribution >= 0.6 is 15.9 Å². The van der Waals surface area contributed by atoms with E-state index in [1.807, 2.05) is 12.3 Å². The number of benzene rings is 1. The maximum atomic E-state index is 4.15. The van der Waals surface area contributed by atoms with Crippen LogP contribution in [0.5, 0.6) is 0 Å². The van der Waals surface area contributed by atoms with E-state index in [4.69, 9.17) is 0 Å². The van der Waals surface area contributed by atoms with E-state index in [2.05, 4.69) is 69.4 Å². The molecule has 1 heterocycles. The van der Waals surface area contributed by atoms with Crippen LogP contribution in [0.25, 0.3) is 0 Å². The molecular weight excluding hydrogens is 314 g/mol. The first kappa shape index (κ1) is 15.0. The van der Waals surface area contributed by atoms with E-state index in [9.17, 15) is 0 Å². The number of hydrogen-bond acceptors (Lipinski definition) is 3. The first-order chi connectivity index (χ1) is 9.70. The first-order valence-electron chi connectivity index (χ1n) is 6.80. The minimum Gasteiger partial charge on any atom is -0.370 e. The quantitative estimate of drug-likeness (QED) is 0.875. The molecule has 1 aromatic heterocycles. The van der Waals surface area contributed by atoms with E-state index >= 15 is 0 Å². The highest BCUT2D eigenvalue weighted by Gasteiger charge is 2.06. The van der Waals surface area contributed by atoms with Crippen LogP contribution in [0.1, 0.15) is 18.1 Å². The van der Waals surface area contributed by atoms with Gasteiger partial charge in [0.15, 0.2) is 0 Å². The Kier molecular flexibility index (Phi) is 5.56. The molecule has 0 atom stereocenters. The summed E-state index contributed by atoms with van der Waals surface area (Å²) in [6.45, 7) is 4.84. The lowest BCUT2D eigenvalue weighted by Crippen LogP contribution is -2.17. The van der Waals surface area contributed by atoms with Crippen LogP contribution in [0.15, 0.2) is 47.2 Å². The average molecular weight is 334 g/mol. The molecule has 1 aromatic carbocycles. The van der Waals surface area contributed by atoms with Crippen LogP contribution in [0.4, 0.5) is 5.69 Å². The summed E-state index contributed by atoms with van der Waals surface area (Å²) in [6, 6.07) is 10.6. The van der Waals surface area contributed by atoms with Gasteiger partial charge in [-0.1, -0.05) is 35.0 Å². The SMILES string of the molecule is CCNCc1ccc(N(C)Cc2cccnc2)cc1Br. The Morgan fingerprint density at radius 2 is 2.15 bits per heavy atom. The van der Waals surface area contributed by atoms with Crippen molar-refractivity contribution in [2.24, 2.45) is 0 Å². The molecule has 20 heavy (non-hydrogen) atoms. The van der Waals surface area contributed by atoms with Crippen molar-refractivity contribution >= 4 is 21.6 Å². The maximum absolute atomic E-state index is 4.15. The molecule has 0 aliphatic heterocycles. The van der Waals surface area contributed by atoms with Crippen LogP contribution in [0.2, 0.25) is 0 Å². The number of hydrogen-bond donors (Lipinski definition) is 1. The second kappa shape index (κ2) is 7.41. The van der Waals surface area contributed by atoms with Gasteiger partial charge in [-0.05, 0) is 35.9 Å². The molecule has 2 rings (SSSR count). The van der Waals surface area contributed by atoms with Gasteiger partial charge in [-0.15, -0.1) is 0 Å². The van der Waals surface area contributed by atoms with E-state index in [0.717, 1.165) is 24.1 Å². The normalized spacial score (nSPS) is 10.6. The number of rotatable bonds is 6. The summed E-state index contributed by atoms with van der Waals surface area (Å²) < 4.78 is 1.15. The average Bonchev–Trinajstić information content (AvgIpc) is 2.47. The Morgan fingerprint density at radius 1 is 1.30 bits per heavy atom. The molecule has 0 unspecified atom stereocenters. The van der Waals surface area contributed by atoms with E-state index in [0.29, 0.717) is 0 Å². The third-order valence-electron chi connectivity index (χ3n) is 3.19. The number of halogens is 1. The number of nitrogens with one attached hydrogen (secondary N) is 1. The molecule has 3 nitrogen and oxygen atoms in total. The molecule has 0 saturated heterocycles. The van der Waals surface area contributed by atoms with Crippen molar-refractivity contribution in [1.29, 1.82) is 0 Å². The van der Waals surface area contributed by atoms with Gasteiger partial charge in [-0.2, -0.15) is 0 Å². The third kappa shape index (κ3) is 4.05. The molecule has 0 bridgehead atoms. The van der Waals surface area contributed by atoms with E-state index in [1.165, 1.54) is 16.8 Å². The highest BCUT2D eigenvalue weighted by Crippen LogP contribution is 2.24. The molecule has 4 heteroatoms. The fourth-order valence-corrected chi connectivity index (χ4v) is 2.54. The van der Waals surface area contributed by atoms with Crippen LogP contribution in [0, 0.1) is 0 Å². The molecule has 1 N–H and O–H groups in total. The van der Waals surface area contributed by atoms with E-state index < -0.39 is 0 Å². The van der Waals surface area contributed by atoms with E-state index in [-0.39, 0.29) is 0 Å². The summed E-state index contributed by atoms with van der Waals surface area (Å²) in [4.78, 5) is 6.37. The summed E-state index contributed by atoms with van der Waals surface area (Å²) in [5.74, 6) is 0. The van der Waals surface area contributed by atoms with Crippen LogP contribution in [0.3, 0.4) is 0 Å². The summed E-state index contributed by atoms with van der Waals surface area (Å²) in [7, 11) is 2.10. The summed E-state index contributed by atoms with van der Waals surface area (Å²) >= 11 is 3.65. The van der Waals surface area contributed by atoms with Crippen LogP contribution < -0.4 is 10.2 Å². The van der Waals surface area contributed by atoms with Crippen molar-refractivity contribution in [2.45, 2.75) is 20.0 Å². The van der Waals surface area contributed by atoms with Crippen molar-refractivity contribution in [2.75, 3.05) is 18.5 Å². The van der Waals surface area contributed by atoms with Crippen molar-refractivity contribution in [1.82, 2.24) is 10.3 Å². The largest absolute Gasteiger partial charge is 0.370 e. The zero-order valence-electron chi connectivity index (χ0n) is 11.9. The van der Waals surface area contributed by atoms with Gasteiger partial charge >= 0.3 is 0 Å². The zero-order valence-corrected chi connectivity index (χ0v) is 13.5. The lowest BCUT2D eigenvalue weighted by Gasteiger charge is -2.20. The Hall–Kier alpha value is -1.39. The molecule has 2 aromatic rings. The van der Waals surface area contributed by atoms with Gasteiger partial charge in [0.05, 0.1) is 0 Å². The topological polar surface area (TPSA) is 28.2 Å². The highest BCUT2D eigenvalue weighted by atomic mass is 79.9. The van der Waals surface area contributed by atoms with Crippen molar-refractivity contribution in [3.8, 4) is 0 Å². The smallest absolute Gasteiger partial charge is 0.0441 e. The minimum atomic E-state index is 0.854. The van der Waals surface area contributed by atoms with Gasteiger partial charge in [0.1, 0.15) is 0 Å². The van der Waals surface area contributed by atoms with Gasteiger partial charge in [0, 0.05) is 42.7 Å². The third-order valence-corrected chi connectivity index (χ3v) is 3.92. The van der Waals surface area contributed by atoms with Gasteiger partial charge in [0.2, 0.25) is 0 Å². The minimum absolute atomic E-state index is 0.854. The fraction of sp³-hybridized carbons (Fsp3) is 0.312. The second-order valence-electron chi connectivity index (χ2n) is 4.77. The predicted molar refractivity (Wildman–Crippen MR) is 87.9 cm³/mol. The molecule has 0 spiro atoms. The first-order valence-corrected chi connectivity index (χ1v) is 7.59.